The fraction of sp³-hybridized carbons (Fsp3) is 0.438. The van der Waals surface area contributed by atoms with E-state index in [1.54, 1.807) is 7.11 Å². The minimum absolute atomic E-state index is 0.209. The first-order valence-corrected chi connectivity index (χ1v) is 7.70. The van der Waals surface area contributed by atoms with Gasteiger partial charge in [-0.1, -0.05) is 0 Å². The number of piperidine rings is 1. The number of likely N-dealkylation sites (tertiary alicyclic amines) is 1. The summed E-state index contributed by atoms with van der Waals surface area (Å²) in [6, 6.07) is 5.57. The Balaban J connectivity index is 2.01. The van der Waals surface area contributed by atoms with E-state index in [-0.39, 0.29) is 11.5 Å². The number of H-pyrrole nitrogens is 1. The van der Waals surface area contributed by atoms with E-state index in [4.69, 9.17) is 9.84 Å². The Hall–Kier alpha value is -2.77. The lowest BCUT2D eigenvalue weighted by atomic mass is 9.72. The van der Waals surface area contributed by atoms with E-state index in [2.05, 4.69) is 4.98 Å². The normalized spacial score (nSPS) is 17.0. The van der Waals surface area contributed by atoms with E-state index in [1.165, 1.54) is 4.90 Å². The largest absolute Gasteiger partial charge is 0.497 e. The number of nitrogens with one attached hydrogen (secondary N) is 1. The first kappa shape index (κ1) is 16.1. The number of hydrogen-bond donors (Lipinski definition) is 2. The van der Waals surface area contributed by atoms with E-state index >= 15 is 0 Å². The standard InChI is InChI=1S/C16H19N3O5/c1-24-11-2-3-12-13(9-17-14(12)8-11)16(10-19(22)23)4-6-18(7-5-16)15(20)21/h2-3,8-9,17H,4-7,10H2,1H3,(H,20,21). The van der Waals surface area contributed by atoms with Gasteiger partial charge in [-0.3, -0.25) is 10.1 Å². The smallest absolute Gasteiger partial charge is 0.407 e. The molecule has 8 nitrogen and oxygen atoms in total. The van der Waals surface area contributed by atoms with E-state index < -0.39 is 11.5 Å². The third kappa shape index (κ3) is 2.75. The van der Waals surface area contributed by atoms with Crippen LogP contribution in [0.25, 0.3) is 10.9 Å². The molecule has 3 rings (SSSR count). The van der Waals surface area contributed by atoms with E-state index in [0.717, 1.165) is 16.5 Å². The number of ether oxygens (including phenoxy) is 1. The molecule has 1 aromatic carbocycles. The fourth-order valence-corrected chi connectivity index (χ4v) is 3.56. The van der Waals surface area contributed by atoms with E-state index in [0.29, 0.717) is 31.7 Å². The van der Waals surface area contributed by atoms with Gasteiger partial charge in [0.1, 0.15) is 5.75 Å². The Morgan fingerprint density at radius 1 is 1.46 bits per heavy atom. The van der Waals surface area contributed by atoms with Crippen LogP contribution >= 0.6 is 0 Å². The second kappa shape index (κ2) is 6.03. The second-order valence-electron chi connectivity index (χ2n) is 6.15. The molecule has 1 amide bonds. The highest BCUT2D eigenvalue weighted by atomic mass is 16.6. The number of nitrogens with zero attached hydrogens (tertiary/aromatic N) is 2. The molecular weight excluding hydrogens is 314 g/mol. The summed E-state index contributed by atoms with van der Waals surface area (Å²) < 4.78 is 5.21. The highest BCUT2D eigenvalue weighted by molar-refractivity contribution is 5.85. The molecule has 1 saturated heterocycles. The van der Waals surface area contributed by atoms with Crippen LogP contribution in [0.4, 0.5) is 4.79 Å². The van der Waals surface area contributed by atoms with Gasteiger partial charge in [0.2, 0.25) is 6.54 Å². The highest BCUT2D eigenvalue weighted by Gasteiger charge is 2.43. The van der Waals surface area contributed by atoms with Crippen molar-refractivity contribution in [2.24, 2.45) is 0 Å². The monoisotopic (exact) mass is 333 g/mol. The van der Waals surface area contributed by atoms with Gasteiger partial charge in [0, 0.05) is 41.2 Å². The number of fused-ring (bicyclic) bond motifs is 1. The Bertz CT molecular complexity index is 777. The van der Waals surface area contributed by atoms with Gasteiger partial charge in [0.15, 0.2) is 0 Å². The summed E-state index contributed by atoms with van der Waals surface area (Å²) in [6.45, 7) is 0.386. The molecule has 8 heteroatoms. The van der Waals surface area contributed by atoms with Crippen molar-refractivity contribution in [3.05, 3.63) is 40.1 Å². The Kier molecular flexibility index (Phi) is 4.04. The van der Waals surface area contributed by atoms with Gasteiger partial charge >= 0.3 is 6.09 Å². The van der Waals surface area contributed by atoms with Gasteiger partial charge in [-0.15, -0.1) is 0 Å². The van der Waals surface area contributed by atoms with Crippen molar-refractivity contribution < 1.29 is 19.6 Å². The van der Waals surface area contributed by atoms with Crippen molar-refractivity contribution in [1.82, 2.24) is 9.88 Å². The Morgan fingerprint density at radius 2 is 2.17 bits per heavy atom. The summed E-state index contributed by atoms with van der Waals surface area (Å²) >= 11 is 0. The molecule has 2 N–H and O–H groups in total. The second-order valence-corrected chi connectivity index (χ2v) is 6.15. The van der Waals surface area contributed by atoms with Crippen molar-refractivity contribution in [3.63, 3.8) is 0 Å². The molecule has 1 fully saturated rings. The summed E-state index contributed by atoms with van der Waals surface area (Å²) in [7, 11) is 1.58. The van der Waals surface area contributed by atoms with Gasteiger partial charge in [-0.2, -0.15) is 0 Å². The minimum atomic E-state index is -0.978. The molecule has 1 aromatic heterocycles. The van der Waals surface area contributed by atoms with Crippen molar-refractivity contribution >= 4 is 17.0 Å². The third-order valence-corrected chi connectivity index (χ3v) is 4.88. The Labute approximate surface area is 138 Å². The first-order valence-electron chi connectivity index (χ1n) is 7.70. The zero-order chi connectivity index (χ0) is 17.3. The molecular formula is C16H19N3O5. The van der Waals surface area contributed by atoms with Crippen LogP contribution in [-0.4, -0.2) is 52.8 Å². The lowest BCUT2D eigenvalue weighted by Gasteiger charge is -2.38. The van der Waals surface area contributed by atoms with E-state index in [9.17, 15) is 14.9 Å². The number of aromatic amines is 1. The number of methoxy groups -OCH3 is 1. The van der Waals surface area contributed by atoms with Crippen LogP contribution in [0, 0.1) is 10.1 Å². The average molecular weight is 333 g/mol. The van der Waals surface area contributed by atoms with Crippen LogP contribution in [0.1, 0.15) is 18.4 Å². The number of aromatic nitrogens is 1. The topological polar surface area (TPSA) is 109 Å². The molecule has 0 spiro atoms. The molecule has 2 heterocycles. The van der Waals surface area contributed by atoms with E-state index in [1.807, 2.05) is 24.4 Å². The molecule has 1 aliphatic heterocycles. The van der Waals surface area contributed by atoms with Crippen LogP contribution in [0.15, 0.2) is 24.4 Å². The van der Waals surface area contributed by atoms with Crippen LogP contribution in [0.5, 0.6) is 5.75 Å². The summed E-state index contributed by atoms with van der Waals surface area (Å²) in [5.41, 5.74) is 1.07. The summed E-state index contributed by atoms with van der Waals surface area (Å²) in [5.74, 6) is 0.708. The zero-order valence-corrected chi connectivity index (χ0v) is 13.3. The number of nitro groups is 1. The zero-order valence-electron chi connectivity index (χ0n) is 13.3. The first-order chi connectivity index (χ1) is 11.4. The predicted molar refractivity (Wildman–Crippen MR) is 87.2 cm³/mol. The average Bonchev–Trinajstić information content (AvgIpc) is 2.98. The molecule has 128 valence electrons. The number of carbonyl (C=O) groups is 1. The summed E-state index contributed by atoms with van der Waals surface area (Å²) in [5, 5.41) is 21.3. The SMILES string of the molecule is COc1ccc2c(C3(C[N+](=O)[O-])CCN(C(=O)O)CC3)c[nH]c2c1. The van der Waals surface area contributed by atoms with Crippen molar-refractivity contribution in [2.45, 2.75) is 18.3 Å². The number of carboxylic acid groups (broad SMARTS) is 1. The number of amides is 1. The third-order valence-electron chi connectivity index (χ3n) is 4.88. The molecule has 0 bridgehead atoms. The minimum Gasteiger partial charge on any atom is -0.497 e. The molecule has 0 saturated carbocycles. The molecule has 2 aromatic rings. The number of rotatable bonds is 4. The molecule has 0 atom stereocenters. The quantitative estimate of drug-likeness (QED) is 0.660. The van der Waals surface area contributed by atoms with Gasteiger partial charge in [0.05, 0.1) is 12.5 Å². The molecule has 24 heavy (non-hydrogen) atoms. The van der Waals surface area contributed by atoms with Gasteiger partial charge < -0.3 is 19.7 Å². The molecule has 0 radical (unpaired) electrons. The predicted octanol–water partition coefficient (Wildman–Crippen LogP) is 2.46. The lowest BCUT2D eigenvalue weighted by molar-refractivity contribution is -0.492. The van der Waals surface area contributed by atoms with Gasteiger partial charge in [0.25, 0.3) is 0 Å². The summed E-state index contributed by atoms with van der Waals surface area (Å²) in [6.07, 6.45) is 1.69. The number of hydrogen-bond acceptors (Lipinski definition) is 4. The van der Waals surface area contributed by atoms with Crippen LogP contribution in [0.2, 0.25) is 0 Å². The molecule has 1 aliphatic rings. The van der Waals surface area contributed by atoms with Crippen molar-refractivity contribution in [3.8, 4) is 5.75 Å². The maximum atomic E-state index is 11.3. The van der Waals surface area contributed by atoms with Crippen LogP contribution in [-0.2, 0) is 5.41 Å². The summed E-state index contributed by atoms with van der Waals surface area (Å²) in [4.78, 5) is 26.6. The van der Waals surface area contributed by atoms with Crippen molar-refractivity contribution in [2.75, 3.05) is 26.7 Å². The Morgan fingerprint density at radius 3 is 2.75 bits per heavy atom. The maximum absolute atomic E-state index is 11.3. The van der Waals surface area contributed by atoms with Crippen LogP contribution < -0.4 is 4.74 Å². The fourth-order valence-electron chi connectivity index (χ4n) is 3.56. The van der Waals surface area contributed by atoms with Crippen molar-refractivity contribution in [1.29, 1.82) is 0 Å². The maximum Gasteiger partial charge on any atom is 0.407 e. The highest BCUT2D eigenvalue weighted by Crippen LogP contribution is 2.40. The molecule has 0 aliphatic carbocycles. The van der Waals surface area contributed by atoms with Crippen LogP contribution in [0.3, 0.4) is 0 Å². The van der Waals surface area contributed by atoms with Gasteiger partial charge in [-0.25, -0.2) is 4.79 Å². The number of benzene rings is 1. The van der Waals surface area contributed by atoms with Gasteiger partial charge in [-0.05, 0) is 30.5 Å². The lowest BCUT2D eigenvalue weighted by Crippen LogP contribution is -2.47. The molecule has 0 unspecified atom stereocenters.